The van der Waals surface area contributed by atoms with E-state index in [2.05, 4.69) is 20.1 Å². The number of hydrogen-bond donors (Lipinski definition) is 1. The molecular weight excluding hydrogens is 345 g/mol. The van der Waals surface area contributed by atoms with Gasteiger partial charge in [-0.2, -0.15) is 0 Å². The molecular formula is C18H17F3N4O. The average molecular weight is 362 g/mol. The Bertz CT molecular complexity index is 892. The maximum Gasteiger partial charge on any atom is 0.573 e. The zero-order valence-electron chi connectivity index (χ0n) is 14.2. The van der Waals surface area contributed by atoms with Crippen LogP contribution in [0.15, 0.2) is 54.9 Å². The Kier molecular flexibility index (Phi) is 4.94. The van der Waals surface area contributed by atoms with E-state index in [9.17, 15) is 13.2 Å². The second-order valence-electron chi connectivity index (χ2n) is 5.65. The van der Waals surface area contributed by atoms with Crippen molar-refractivity contribution in [3.63, 3.8) is 0 Å². The molecule has 0 bridgehead atoms. The fourth-order valence-corrected chi connectivity index (χ4v) is 2.46. The second-order valence-corrected chi connectivity index (χ2v) is 5.65. The van der Waals surface area contributed by atoms with E-state index in [1.807, 2.05) is 14.0 Å². The minimum Gasteiger partial charge on any atom is -0.405 e. The number of halogens is 3. The van der Waals surface area contributed by atoms with Crippen LogP contribution in [-0.2, 0) is 0 Å². The Labute approximate surface area is 148 Å². The zero-order chi connectivity index (χ0) is 18.7. The topological polar surface area (TPSA) is 52.0 Å². The third kappa shape index (κ3) is 4.02. The van der Waals surface area contributed by atoms with Gasteiger partial charge in [-0.15, -0.1) is 18.3 Å². The van der Waals surface area contributed by atoms with Crippen molar-refractivity contribution in [2.75, 3.05) is 7.05 Å². The molecule has 0 amide bonds. The molecule has 5 nitrogen and oxygen atoms in total. The van der Waals surface area contributed by atoms with Crippen molar-refractivity contribution in [1.29, 1.82) is 0 Å². The molecule has 26 heavy (non-hydrogen) atoms. The summed E-state index contributed by atoms with van der Waals surface area (Å²) in [7, 11) is 1.81. The lowest BCUT2D eigenvalue weighted by Gasteiger charge is -2.13. The summed E-state index contributed by atoms with van der Waals surface area (Å²) in [5, 5.41) is 7.45. The first kappa shape index (κ1) is 17.9. The van der Waals surface area contributed by atoms with Gasteiger partial charge in [-0.3, -0.25) is 0 Å². The van der Waals surface area contributed by atoms with E-state index in [1.165, 1.54) is 12.1 Å². The molecule has 1 unspecified atom stereocenters. The van der Waals surface area contributed by atoms with E-state index >= 15 is 0 Å². The summed E-state index contributed by atoms with van der Waals surface area (Å²) in [6.45, 7) is 1.93. The normalized spacial score (nSPS) is 12.8. The van der Waals surface area contributed by atoms with Gasteiger partial charge in [-0.1, -0.05) is 30.3 Å². The van der Waals surface area contributed by atoms with Crippen LogP contribution in [0.4, 0.5) is 13.2 Å². The average Bonchev–Trinajstić information content (AvgIpc) is 3.10. The van der Waals surface area contributed by atoms with Crippen LogP contribution in [0, 0.1) is 0 Å². The number of hydrogen-bond acceptors (Lipinski definition) is 4. The number of nitrogens with zero attached hydrogens (tertiary/aromatic N) is 3. The molecule has 136 valence electrons. The predicted molar refractivity (Wildman–Crippen MR) is 91.0 cm³/mol. The summed E-state index contributed by atoms with van der Waals surface area (Å²) in [6, 6.07) is 13.0. The molecule has 1 N–H and O–H groups in total. The third-order valence-electron chi connectivity index (χ3n) is 3.86. The molecule has 0 aliphatic rings. The highest BCUT2D eigenvalue weighted by atomic mass is 19.4. The van der Waals surface area contributed by atoms with Crippen molar-refractivity contribution < 1.29 is 17.9 Å². The van der Waals surface area contributed by atoms with Crippen molar-refractivity contribution in [3.05, 3.63) is 60.7 Å². The van der Waals surface area contributed by atoms with Crippen molar-refractivity contribution >= 4 is 0 Å². The molecule has 0 aliphatic carbocycles. The van der Waals surface area contributed by atoms with Gasteiger partial charge < -0.3 is 10.1 Å². The Morgan fingerprint density at radius 3 is 2.62 bits per heavy atom. The fraction of sp³-hybridized carbons (Fsp3) is 0.222. The number of benzene rings is 2. The standard InChI is InChI=1S/C18H17F3N4O/c1-12(22-2)17-23-11-25(24-17)14-7-5-6-13(10-14)15-8-3-4-9-16(15)26-18(19,20)21/h3-12,22H,1-2H3. The Hall–Kier alpha value is -2.87. The van der Waals surface area contributed by atoms with Gasteiger partial charge in [0.15, 0.2) is 5.82 Å². The van der Waals surface area contributed by atoms with Gasteiger partial charge in [0.2, 0.25) is 0 Å². The quantitative estimate of drug-likeness (QED) is 0.742. The highest BCUT2D eigenvalue weighted by molar-refractivity contribution is 5.72. The molecule has 1 heterocycles. The summed E-state index contributed by atoms with van der Waals surface area (Å²) in [5.41, 5.74) is 1.61. The fourth-order valence-electron chi connectivity index (χ4n) is 2.46. The maximum atomic E-state index is 12.6. The molecule has 1 atom stereocenters. The van der Waals surface area contributed by atoms with Crippen LogP contribution in [0.1, 0.15) is 18.8 Å². The molecule has 0 fully saturated rings. The van der Waals surface area contributed by atoms with Gasteiger partial charge in [0.1, 0.15) is 12.1 Å². The number of aromatic nitrogens is 3. The van der Waals surface area contributed by atoms with Crippen molar-refractivity contribution in [2.24, 2.45) is 0 Å². The molecule has 1 aromatic heterocycles. The number of alkyl halides is 3. The van der Waals surface area contributed by atoms with E-state index in [4.69, 9.17) is 0 Å². The Balaban J connectivity index is 1.97. The van der Waals surface area contributed by atoms with E-state index < -0.39 is 6.36 Å². The van der Waals surface area contributed by atoms with E-state index in [0.717, 1.165) is 0 Å². The number of rotatable bonds is 5. The third-order valence-corrected chi connectivity index (χ3v) is 3.86. The molecule has 0 saturated heterocycles. The first-order chi connectivity index (χ1) is 12.4. The second kappa shape index (κ2) is 7.17. The molecule has 3 aromatic rings. The van der Waals surface area contributed by atoms with E-state index in [1.54, 1.807) is 47.4 Å². The summed E-state index contributed by atoms with van der Waals surface area (Å²) < 4.78 is 43.7. The van der Waals surface area contributed by atoms with Crippen LogP contribution in [-0.4, -0.2) is 28.2 Å². The predicted octanol–water partition coefficient (Wildman–Crippen LogP) is 4.11. The summed E-state index contributed by atoms with van der Waals surface area (Å²) in [5.74, 6) is 0.374. The van der Waals surface area contributed by atoms with Crippen molar-refractivity contribution in [3.8, 4) is 22.6 Å². The first-order valence-electron chi connectivity index (χ1n) is 7.92. The highest BCUT2D eigenvalue weighted by Crippen LogP contribution is 2.34. The van der Waals surface area contributed by atoms with Gasteiger partial charge in [0.05, 0.1) is 11.7 Å². The minimum absolute atomic E-state index is 0.0136. The molecule has 8 heteroatoms. The van der Waals surface area contributed by atoms with Gasteiger partial charge in [-0.05, 0) is 37.7 Å². The number of para-hydroxylation sites is 1. The summed E-state index contributed by atoms with van der Waals surface area (Å²) in [4.78, 5) is 4.25. The van der Waals surface area contributed by atoms with Crippen molar-refractivity contribution in [2.45, 2.75) is 19.3 Å². The van der Waals surface area contributed by atoms with Crippen molar-refractivity contribution in [1.82, 2.24) is 20.1 Å². The van der Waals surface area contributed by atoms with Crippen LogP contribution in [0.3, 0.4) is 0 Å². The van der Waals surface area contributed by atoms with Crippen LogP contribution < -0.4 is 10.1 Å². The maximum absolute atomic E-state index is 12.6. The van der Waals surface area contributed by atoms with Gasteiger partial charge in [0, 0.05) is 5.56 Å². The molecule has 3 rings (SSSR count). The van der Waals surface area contributed by atoms with Crippen LogP contribution in [0.2, 0.25) is 0 Å². The van der Waals surface area contributed by atoms with Gasteiger partial charge in [-0.25, -0.2) is 9.67 Å². The molecule has 2 aromatic carbocycles. The van der Waals surface area contributed by atoms with Crippen LogP contribution in [0.5, 0.6) is 5.75 Å². The molecule has 0 spiro atoms. The molecule has 0 saturated carbocycles. The SMILES string of the molecule is CNC(C)c1ncn(-c2cccc(-c3ccccc3OC(F)(F)F)c2)n1. The molecule has 0 radical (unpaired) electrons. The zero-order valence-corrected chi connectivity index (χ0v) is 14.2. The van der Waals surface area contributed by atoms with Gasteiger partial charge >= 0.3 is 6.36 Å². The number of nitrogens with one attached hydrogen (secondary N) is 1. The lowest BCUT2D eigenvalue weighted by atomic mass is 10.0. The summed E-state index contributed by atoms with van der Waals surface area (Å²) in [6.07, 6.45) is -3.18. The summed E-state index contributed by atoms with van der Waals surface area (Å²) >= 11 is 0. The smallest absolute Gasteiger partial charge is 0.405 e. The Morgan fingerprint density at radius 1 is 1.12 bits per heavy atom. The Morgan fingerprint density at radius 2 is 1.88 bits per heavy atom. The highest BCUT2D eigenvalue weighted by Gasteiger charge is 2.32. The van der Waals surface area contributed by atoms with Crippen LogP contribution >= 0.6 is 0 Å². The number of ether oxygens (including phenoxy) is 1. The van der Waals surface area contributed by atoms with Crippen LogP contribution in [0.25, 0.3) is 16.8 Å². The van der Waals surface area contributed by atoms with E-state index in [-0.39, 0.29) is 11.8 Å². The molecule has 0 aliphatic heterocycles. The lowest BCUT2D eigenvalue weighted by Crippen LogP contribution is -2.17. The first-order valence-corrected chi connectivity index (χ1v) is 7.92. The monoisotopic (exact) mass is 362 g/mol. The van der Waals surface area contributed by atoms with E-state index in [0.29, 0.717) is 22.6 Å². The minimum atomic E-state index is -4.75. The largest absolute Gasteiger partial charge is 0.573 e. The lowest BCUT2D eigenvalue weighted by molar-refractivity contribution is -0.274. The van der Waals surface area contributed by atoms with Gasteiger partial charge in [0.25, 0.3) is 0 Å².